The SMILES string of the molecule is c1ccc(-c2ccccc2-c2nc(-c3ccc4c(c3)oc3cccc(-c5ccccc5)c34)nc(-n3c4ccccc4c4cc5c(cc43)oc3ccccc35)n2)cc1. The van der Waals surface area contributed by atoms with Gasteiger partial charge in [0.25, 0.3) is 0 Å². The lowest BCUT2D eigenvalue weighted by atomic mass is 9.99. The summed E-state index contributed by atoms with van der Waals surface area (Å²) in [5, 5.41) is 6.48. The highest BCUT2D eigenvalue weighted by atomic mass is 16.3. The van der Waals surface area contributed by atoms with Crippen molar-refractivity contribution in [3.05, 3.63) is 182 Å². The fourth-order valence-corrected chi connectivity index (χ4v) is 8.49. The number of hydrogen-bond donors (Lipinski definition) is 0. The second-order valence-electron chi connectivity index (χ2n) is 14.4. The Morgan fingerprint density at radius 2 is 0.965 bits per heavy atom. The van der Waals surface area contributed by atoms with E-state index in [1.807, 2.05) is 42.5 Å². The summed E-state index contributed by atoms with van der Waals surface area (Å²) in [6, 6.07) is 62.6. The predicted molar refractivity (Wildman–Crippen MR) is 230 cm³/mol. The third-order valence-electron chi connectivity index (χ3n) is 11.1. The van der Waals surface area contributed by atoms with Gasteiger partial charge in [0.1, 0.15) is 22.3 Å². The monoisotopic (exact) mass is 730 g/mol. The molecule has 57 heavy (non-hydrogen) atoms. The molecule has 0 N–H and O–H groups in total. The Bertz CT molecular complexity index is 3530. The molecule has 6 heteroatoms. The van der Waals surface area contributed by atoms with Gasteiger partial charge < -0.3 is 8.83 Å². The van der Waals surface area contributed by atoms with Crippen LogP contribution in [0.1, 0.15) is 0 Å². The van der Waals surface area contributed by atoms with E-state index in [2.05, 4.69) is 144 Å². The zero-order valence-electron chi connectivity index (χ0n) is 30.4. The highest BCUT2D eigenvalue weighted by Gasteiger charge is 2.22. The normalized spacial score (nSPS) is 11.9. The molecule has 12 aromatic rings. The molecule has 0 fully saturated rings. The Morgan fingerprint density at radius 3 is 1.81 bits per heavy atom. The van der Waals surface area contributed by atoms with Crippen molar-refractivity contribution in [2.24, 2.45) is 0 Å². The average molecular weight is 731 g/mol. The average Bonchev–Trinajstić information content (AvgIpc) is 3.94. The zero-order valence-corrected chi connectivity index (χ0v) is 30.4. The van der Waals surface area contributed by atoms with Crippen molar-refractivity contribution in [1.29, 1.82) is 0 Å². The fraction of sp³-hybridized carbons (Fsp3) is 0. The molecule has 0 spiro atoms. The second kappa shape index (κ2) is 12.3. The third-order valence-corrected chi connectivity index (χ3v) is 11.1. The summed E-state index contributed by atoms with van der Waals surface area (Å²) in [5.41, 5.74) is 11.3. The van der Waals surface area contributed by atoms with E-state index in [1.54, 1.807) is 0 Å². The Balaban J connectivity index is 1.12. The van der Waals surface area contributed by atoms with E-state index >= 15 is 0 Å². The molecule has 0 aliphatic carbocycles. The van der Waals surface area contributed by atoms with Gasteiger partial charge in [-0.3, -0.25) is 4.57 Å². The molecule has 0 atom stereocenters. The van der Waals surface area contributed by atoms with E-state index in [4.69, 9.17) is 23.8 Å². The van der Waals surface area contributed by atoms with Crippen LogP contribution in [0, 0.1) is 0 Å². The molecular formula is C51H30N4O2. The number of para-hydroxylation sites is 2. The van der Waals surface area contributed by atoms with Gasteiger partial charge in [-0.25, -0.2) is 4.98 Å². The molecule has 0 amide bonds. The number of benzene rings is 8. The van der Waals surface area contributed by atoms with Gasteiger partial charge in [0.05, 0.1) is 11.0 Å². The first-order valence-electron chi connectivity index (χ1n) is 19.0. The first kappa shape index (κ1) is 31.5. The van der Waals surface area contributed by atoms with Gasteiger partial charge in [0.2, 0.25) is 5.95 Å². The van der Waals surface area contributed by atoms with Crippen LogP contribution in [0.15, 0.2) is 191 Å². The fourth-order valence-electron chi connectivity index (χ4n) is 8.49. The minimum Gasteiger partial charge on any atom is -0.456 e. The molecule has 4 heterocycles. The van der Waals surface area contributed by atoms with Crippen molar-refractivity contribution < 1.29 is 8.83 Å². The van der Waals surface area contributed by atoms with Crippen LogP contribution < -0.4 is 0 Å². The van der Waals surface area contributed by atoms with Gasteiger partial charge >= 0.3 is 0 Å². The Hall–Kier alpha value is -7.83. The second-order valence-corrected chi connectivity index (χ2v) is 14.4. The van der Waals surface area contributed by atoms with Crippen molar-refractivity contribution in [1.82, 2.24) is 19.5 Å². The Kier molecular flexibility index (Phi) is 6.83. The Morgan fingerprint density at radius 1 is 0.333 bits per heavy atom. The molecule has 8 aromatic carbocycles. The summed E-state index contributed by atoms with van der Waals surface area (Å²) < 4.78 is 15.1. The molecule has 6 nitrogen and oxygen atoms in total. The van der Waals surface area contributed by atoms with Crippen molar-refractivity contribution in [2.75, 3.05) is 0 Å². The highest BCUT2D eigenvalue weighted by molar-refractivity contribution is 6.17. The van der Waals surface area contributed by atoms with Crippen LogP contribution >= 0.6 is 0 Å². The van der Waals surface area contributed by atoms with Gasteiger partial charge in [-0.1, -0.05) is 140 Å². The smallest absolute Gasteiger partial charge is 0.238 e. The Labute approximate surface area is 325 Å². The number of rotatable bonds is 5. The summed E-state index contributed by atoms with van der Waals surface area (Å²) >= 11 is 0. The van der Waals surface area contributed by atoms with Crippen LogP contribution in [0.2, 0.25) is 0 Å². The van der Waals surface area contributed by atoms with E-state index < -0.39 is 0 Å². The summed E-state index contributed by atoms with van der Waals surface area (Å²) in [7, 11) is 0. The van der Waals surface area contributed by atoms with Crippen molar-refractivity contribution in [3.8, 4) is 51.0 Å². The zero-order chi connectivity index (χ0) is 37.5. The van der Waals surface area contributed by atoms with E-state index in [0.717, 1.165) is 99.1 Å². The van der Waals surface area contributed by atoms with Crippen LogP contribution in [-0.2, 0) is 0 Å². The first-order valence-corrected chi connectivity index (χ1v) is 19.0. The molecule has 0 aliphatic rings. The lowest BCUT2D eigenvalue weighted by Gasteiger charge is -2.13. The third kappa shape index (κ3) is 4.94. The van der Waals surface area contributed by atoms with Crippen LogP contribution in [-0.4, -0.2) is 19.5 Å². The number of aromatic nitrogens is 4. The highest BCUT2D eigenvalue weighted by Crippen LogP contribution is 2.41. The lowest BCUT2D eigenvalue weighted by molar-refractivity contribution is 0.668. The molecule has 0 unspecified atom stereocenters. The van der Waals surface area contributed by atoms with Crippen molar-refractivity contribution >= 4 is 65.7 Å². The predicted octanol–water partition coefficient (Wildman–Crippen LogP) is 13.4. The minimum absolute atomic E-state index is 0.510. The number of nitrogens with zero attached hydrogens (tertiary/aromatic N) is 4. The van der Waals surface area contributed by atoms with Crippen LogP contribution in [0.4, 0.5) is 0 Å². The van der Waals surface area contributed by atoms with Gasteiger partial charge in [-0.15, -0.1) is 0 Å². The van der Waals surface area contributed by atoms with E-state index in [9.17, 15) is 0 Å². The van der Waals surface area contributed by atoms with Gasteiger partial charge in [-0.2, -0.15) is 9.97 Å². The van der Waals surface area contributed by atoms with Gasteiger partial charge in [0.15, 0.2) is 11.6 Å². The quantitative estimate of drug-likeness (QED) is 0.176. The maximum atomic E-state index is 6.57. The maximum absolute atomic E-state index is 6.57. The topological polar surface area (TPSA) is 69.9 Å². The van der Waals surface area contributed by atoms with Crippen LogP contribution in [0.25, 0.3) is 117 Å². The van der Waals surface area contributed by atoms with Gasteiger partial charge in [-0.05, 0) is 58.7 Å². The number of hydrogen-bond acceptors (Lipinski definition) is 5. The summed E-state index contributed by atoms with van der Waals surface area (Å²) in [4.78, 5) is 15.8. The first-order chi connectivity index (χ1) is 28.2. The number of fused-ring (bicyclic) bond motifs is 9. The van der Waals surface area contributed by atoms with Gasteiger partial charge in [0, 0.05) is 49.5 Å². The van der Waals surface area contributed by atoms with Crippen molar-refractivity contribution in [3.63, 3.8) is 0 Å². The van der Waals surface area contributed by atoms with E-state index in [0.29, 0.717) is 17.6 Å². The maximum Gasteiger partial charge on any atom is 0.238 e. The number of furan rings is 2. The molecule has 266 valence electrons. The molecule has 12 rings (SSSR count). The molecule has 0 radical (unpaired) electrons. The molecule has 0 bridgehead atoms. The van der Waals surface area contributed by atoms with E-state index in [-0.39, 0.29) is 0 Å². The molecule has 0 aliphatic heterocycles. The standard InChI is InChI=1S/C51H30N4O2/c1-3-14-31(15-4-1)34-18-7-8-21-38(34)50-52-49(33-26-27-39-46(28-33)57-45-25-13-22-35(48(39)45)32-16-5-2-6-17-32)53-51(54-50)55-42-23-11-9-19-36(42)40-29-41-37-20-10-12-24-44(37)56-47(41)30-43(40)55/h1-30H. The summed E-state index contributed by atoms with van der Waals surface area (Å²) in [5.74, 6) is 1.62. The minimum atomic E-state index is 0.510. The molecule has 0 saturated heterocycles. The van der Waals surface area contributed by atoms with Crippen LogP contribution in [0.3, 0.4) is 0 Å². The summed E-state index contributed by atoms with van der Waals surface area (Å²) in [6.45, 7) is 0. The molecule has 4 aromatic heterocycles. The lowest BCUT2D eigenvalue weighted by Crippen LogP contribution is -2.06. The largest absolute Gasteiger partial charge is 0.456 e. The van der Waals surface area contributed by atoms with Crippen LogP contribution in [0.5, 0.6) is 0 Å². The molecule has 0 saturated carbocycles. The van der Waals surface area contributed by atoms with E-state index in [1.165, 1.54) is 0 Å². The summed E-state index contributed by atoms with van der Waals surface area (Å²) in [6.07, 6.45) is 0. The molecular weight excluding hydrogens is 701 g/mol. The van der Waals surface area contributed by atoms with Crippen molar-refractivity contribution in [2.45, 2.75) is 0 Å².